The van der Waals surface area contributed by atoms with Crippen molar-refractivity contribution < 1.29 is 66.6 Å². The summed E-state index contributed by atoms with van der Waals surface area (Å²) in [7, 11) is 20.7. The Morgan fingerprint density at radius 3 is 0.946 bits per heavy atom. The van der Waals surface area contributed by atoms with Crippen LogP contribution in [0.5, 0.6) is 0 Å². The lowest BCUT2D eigenvalue weighted by atomic mass is 10.0. The van der Waals surface area contributed by atoms with Crippen molar-refractivity contribution in [2.75, 3.05) is 280 Å². The molecule has 19 aliphatic rings. The monoisotopic (exact) mass is 1870 g/mol. The van der Waals surface area contributed by atoms with Crippen LogP contribution in [0, 0.1) is 11.8 Å². The van der Waals surface area contributed by atoms with Crippen LogP contribution in [-0.2, 0) is 9.53 Å². The molecule has 2 unspecified atom stereocenters. The van der Waals surface area contributed by atoms with Crippen molar-refractivity contribution >= 4 is 5.97 Å². The van der Waals surface area contributed by atoms with E-state index in [0.717, 1.165) is 206 Å². The lowest BCUT2D eigenvalue weighted by molar-refractivity contribution is -0.183. The van der Waals surface area contributed by atoms with Gasteiger partial charge in [0.05, 0.1) is 19.7 Å². The number of fused-ring (bicyclic) bond motifs is 1. The number of carbonyl (C=O) groups excluding carboxylic acids is 1. The smallest absolute Gasteiger partial charge is 0.404 e. The van der Waals surface area contributed by atoms with Crippen molar-refractivity contribution in [3.8, 4) is 0 Å². The molecule has 758 valence electrons. The van der Waals surface area contributed by atoms with Crippen LogP contribution in [0.1, 0.15) is 205 Å². The fourth-order valence-corrected chi connectivity index (χ4v) is 24.8. The van der Waals surface area contributed by atoms with Gasteiger partial charge in [-0.15, -0.1) is 0 Å². The van der Waals surface area contributed by atoms with Crippen LogP contribution in [0.3, 0.4) is 0 Å². The third kappa shape index (κ3) is 33.8. The molecule has 18 aliphatic heterocycles. The summed E-state index contributed by atoms with van der Waals surface area (Å²) in [6.07, 6.45) is 20.0. The highest BCUT2D eigenvalue weighted by Crippen LogP contribution is 2.47. The molecule has 0 spiro atoms. The van der Waals surface area contributed by atoms with Gasteiger partial charge in [-0.3, -0.25) is 48.9 Å². The van der Waals surface area contributed by atoms with Crippen LogP contribution in [-0.4, -0.2) is 496 Å². The number of rotatable bonds is 12. The molecular weight excluding hydrogens is 1700 g/mol. The highest BCUT2D eigenvalue weighted by atomic mass is 19.4. The Morgan fingerprint density at radius 2 is 0.623 bits per heavy atom. The van der Waals surface area contributed by atoms with Gasteiger partial charge in [-0.05, 0) is 425 Å². The number of likely N-dealkylation sites (tertiary alicyclic amines) is 18. The largest absolute Gasteiger partial charge is 0.468 e. The summed E-state index contributed by atoms with van der Waals surface area (Å²) in [5, 5.41) is 0. The zero-order chi connectivity index (χ0) is 93.4. The average Bonchev–Trinajstić information content (AvgIpc) is 1.61. The van der Waals surface area contributed by atoms with E-state index < -0.39 is 55.2 Å². The van der Waals surface area contributed by atoms with Crippen LogP contribution in [0.2, 0.25) is 0 Å². The SMILES string of the molecule is CN1CCC(N2CC3CC3C2)CC1.CN1CCC(N2CCC(F)(F)C2)CC1.CN1CCC(N2CCC[C@@H]2C(F)(F)F)CC1.CN1CCC(N2CCC[C@@H]2C(F)F)CC1.CN1CCC(N2CCC[C@@H]2CF)CC1.CN1CCC(N2CCC[C@H]2C(F)(F)F)CC1.CN1CCC(N2CC[C@@H](F)C2)CC1.CN1CCC(N2CC[C@H](F)C2)CC1.COC(=O)[C@H]1CCCN1C1CCN(C)CC1. The molecule has 0 aromatic rings. The quantitative estimate of drug-likeness (QED) is 0.137. The molecule has 130 heavy (non-hydrogen) atoms. The van der Waals surface area contributed by atoms with E-state index in [9.17, 15) is 61.9 Å². The molecule has 0 aromatic carbocycles. The van der Waals surface area contributed by atoms with E-state index in [2.05, 4.69) is 123 Å². The van der Waals surface area contributed by atoms with E-state index in [1.54, 1.807) is 16.2 Å². The van der Waals surface area contributed by atoms with Gasteiger partial charge in [0.2, 0.25) is 0 Å². The fraction of sp³-hybridized carbons (Fsp3) is 0.990. The fourth-order valence-electron chi connectivity index (χ4n) is 24.8. The number of alkyl halides is 13. The zero-order valence-corrected chi connectivity index (χ0v) is 82.0. The average molecular weight is 1870 g/mol. The molecule has 19 fully saturated rings. The third-order valence-electron chi connectivity index (χ3n) is 33.5. The maximum atomic E-state index is 13.0. The van der Waals surface area contributed by atoms with Gasteiger partial charge in [0.25, 0.3) is 12.3 Å². The van der Waals surface area contributed by atoms with Gasteiger partial charge in [-0.2, -0.15) is 26.3 Å². The molecule has 0 N–H and O–H groups in total. The highest BCUT2D eigenvalue weighted by Gasteiger charge is 2.52. The Morgan fingerprint density at radius 1 is 0.331 bits per heavy atom. The third-order valence-corrected chi connectivity index (χ3v) is 33.5. The van der Waals surface area contributed by atoms with E-state index in [4.69, 9.17) is 4.74 Å². The van der Waals surface area contributed by atoms with Crippen LogP contribution >= 0.6 is 0 Å². The van der Waals surface area contributed by atoms with Gasteiger partial charge in [-0.1, -0.05) is 0 Å². The van der Waals surface area contributed by atoms with Crippen LogP contribution < -0.4 is 0 Å². The van der Waals surface area contributed by atoms with E-state index in [1.165, 1.54) is 143 Å². The van der Waals surface area contributed by atoms with Crippen molar-refractivity contribution in [2.45, 2.75) is 327 Å². The van der Waals surface area contributed by atoms with Crippen LogP contribution in [0.25, 0.3) is 0 Å². The first-order chi connectivity index (χ1) is 62.1. The maximum Gasteiger partial charge on any atom is 0.404 e. The Hall–Kier alpha value is -2.16. The first-order valence-electron chi connectivity index (χ1n) is 51.7. The van der Waals surface area contributed by atoms with Crippen molar-refractivity contribution in [3.63, 3.8) is 0 Å². The first kappa shape index (κ1) is 108. The molecule has 18 saturated heterocycles. The van der Waals surface area contributed by atoms with Gasteiger partial charge < -0.3 is 48.8 Å². The molecule has 1 saturated carbocycles. The van der Waals surface area contributed by atoms with E-state index in [0.29, 0.717) is 88.2 Å². The minimum Gasteiger partial charge on any atom is -0.468 e. The lowest BCUT2D eigenvalue weighted by Gasteiger charge is -2.38. The second-order valence-corrected chi connectivity index (χ2v) is 43.1. The summed E-state index contributed by atoms with van der Waals surface area (Å²) in [5.41, 5.74) is 0. The Balaban J connectivity index is 0.000000141. The first-order valence-corrected chi connectivity index (χ1v) is 51.7. The maximum absolute atomic E-state index is 13.0. The second-order valence-electron chi connectivity index (χ2n) is 43.1. The molecule has 18 heterocycles. The van der Waals surface area contributed by atoms with Gasteiger partial charge in [-0.25, -0.2) is 30.7 Å². The van der Waals surface area contributed by atoms with Crippen molar-refractivity contribution in [3.05, 3.63) is 0 Å². The number of piperidine rings is 10. The van der Waals surface area contributed by atoms with Gasteiger partial charge in [0.1, 0.15) is 37.1 Å². The minimum absolute atomic E-state index is 0.0125. The number of carbonyl (C=O) groups is 1. The molecule has 1 aliphatic carbocycles. The Bertz CT molecular complexity index is 2970. The second kappa shape index (κ2) is 52.9. The number of nitrogens with zero attached hydrogens (tertiary/aromatic N) is 18. The number of esters is 1. The number of hydrogen-bond acceptors (Lipinski definition) is 20. The summed E-state index contributed by atoms with van der Waals surface area (Å²) in [5.74, 6) is -0.251. The predicted molar refractivity (Wildman–Crippen MR) is 496 cm³/mol. The van der Waals surface area contributed by atoms with Gasteiger partial charge in [0.15, 0.2) is 0 Å². The minimum atomic E-state index is -4.04. The van der Waals surface area contributed by atoms with Crippen LogP contribution in [0.4, 0.5) is 57.1 Å². The summed E-state index contributed by atoms with van der Waals surface area (Å²) in [6.45, 7) is 30.8. The summed E-state index contributed by atoms with van der Waals surface area (Å²) in [6, 6.07) is 2.05. The van der Waals surface area contributed by atoms with E-state index in [1.807, 2.05) is 19.0 Å². The van der Waals surface area contributed by atoms with Crippen molar-refractivity contribution in [2.24, 2.45) is 11.8 Å². The number of halogens is 13. The number of methoxy groups -OCH3 is 1. The van der Waals surface area contributed by atoms with Crippen LogP contribution in [0.15, 0.2) is 0 Å². The molecule has 0 radical (unpaired) electrons. The zero-order valence-electron chi connectivity index (χ0n) is 82.0. The summed E-state index contributed by atoms with van der Waals surface area (Å²) >= 11 is 0. The standard InChI is InChI=1S/C12H22N2O2.2C11H19F3N2.C11H20F2N2.C11H21FN2.C11H20N2.C10H18F2N2.2C10H19FN2/c1-13-8-5-10(6-9-13)14-7-3-4-11(14)12(15)16-2;2*1-15-7-4-9(5-8-15)16-6-2-3-10(16)11(12,13)14;1-14-7-4-9(5-8-14)15-6-2-3-10(15)11(12)13;1-13-7-4-10(5-8-13)14-6-2-3-11(14)9-12;1-12-4-2-11(3-5-12)13-7-9-6-10(9)8-13;1-13-5-2-9(3-6-13)14-7-4-10(11,12)8-14;2*1-12-5-3-10(4-6-12)13-7-2-9(11)8-13/h10-11H,3-9H2,1-2H3;2*9-10H,2-8H2,1H3;9-11H,2-8H2,1H3;10-11H,2-9H2,1H3;9-11H,2-8H2,1H3;9H,2-8H2,1H3;2*9-10H,2-8H2,1H3/t11-;3*10-;11-;;;2*9-/m11011..10/s1. The topological polar surface area (TPSA) is 84.6 Å². The molecule has 0 bridgehead atoms. The number of hydrogen-bond donors (Lipinski definition) is 0. The summed E-state index contributed by atoms with van der Waals surface area (Å²) in [4.78, 5) is 52.2. The number of ether oxygens (including phenoxy) is 1. The normalized spacial score (nSPS) is 32.8. The Labute approximate surface area is 776 Å². The lowest BCUT2D eigenvalue weighted by Crippen LogP contribution is -2.50. The van der Waals surface area contributed by atoms with Gasteiger partial charge in [0, 0.05) is 113 Å². The molecule has 19 rings (SSSR count). The molecule has 9 atom stereocenters. The molecule has 0 amide bonds. The van der Waals surface area contributed by atoms with E-state index >= 15 is 0 Å². The highest BCUT2D eigenvalue weighted by molar-refractivity contribution is 5.76. The molecular formula is C97H177F13N18O2. The molecule has 20 nitrogen and oxygen atoms in total. The van der Waals surface area contributed by atoms with Gasteiger partial charge >= 0.3 is 18.3 Å². The predicted octanol–water partition coefficient (Wildman–Crippen LogP) is 13.0. The van der Waals surface area contributed by atoms with Crippen molar-refractivity contribution in [1.29, 1.82) is 0 Å². The Kier molecular flexibility index (Phi) is 44.1. The van der Waals surface area contributed by atoms with E-state index in [-0.39, 0.29) is 62.6 Å². The summed E-state index contributed by atoms with van der Waals surface area (Å²) < 4.78 is 172. The molecule has 0 aromatic heterocycles. The van der Waals surface area contributed by atoms with Crippen molar-refractivity contribution in [1.82, 2.24) is 88.2 Å². The molecule has 33 heteroatoms.